The molecule has 0 bridgehead atoms. The van der Waals surface area contributed by atoms with E-state index in [9.17, 15) is 13.5 Å². The number of rotatable bonds is 14. The van der Waals surface area contributed by atoms with E-state index in [0.717, 1.165) is 44.8 Å². The number of hydrogen-bond donors (Lipinski definition) is 0. The first-order chi connectivity index (χ1) is 37.4. The van der Waals surface area contributed by atoms with Crippen LogP contribution in [0.4, 0.5) is 0 Å². The Balaban J connectivity index is 1.08. The lowest BCUT2D eigenvalue weighted by molar-refractivity contribution is 0.409. The van der Waals surface area contributed by atoms with Gasteiger partial charge in [-0.05, 0) is 129 Å². The molecule has 0 saturated heterocycles. The molecule has 0 fully saturated rings. The van der Waals surface area contributed by atoms with Crippen molar-refractivity contribution < 1.29 is 14.0 Å². The van der Waals surface area contributed by atoms with Gasteiger partial charge < -0.3 is 4.42 Å². The molecule has 0 atom stereocenters. The van der Waals surface area contributed by atoms with Gasteiger partial charge in [-0.15, -0.1) is 0 Å². The second kappa shape index (κ2) is 19.7. The first kappa shape index (κ1) is 39.7. The summed E-state index contributed by atoms with van der Waals surface area (Å²) < 4.78 is 75.3. The number of furan rings is 1. The van der Waals surface area contributed by atoms with Crippen LogP contribution in [0.15, 0.2) is 193 Å². The molecule has 0 amide bonds. The minimum absolute atomic E-state index is 0.0453. The third-order valence-electron chi connectivity index (χ3n) is 13.4. The molecule has 4 heterocycles. The van der Waals surface area contributed by atoms with E-state index in [-0.39, 0.29) is 34.0 Å². The summed E-state index contributed by atoms with van der Waals surface area (Å²) in [6.45, 7) is 13.8. The van der Waals surface area contributed by atoms with Crippen LogP contribution in [-0.2, 0) is 42.8 Å². The van der Waals surface area contributed by atoms with Crippen LogP contribution in [0.25, 0.3) is 66.8 Å². The Labute approximate surface area is 435 Å². The molecule has 6 aromatic carbocycles. The van der Waals surface area contributed by atoms with E-state index in [4.69, 9.17) is 20.7 Å². The minimum Gasteiger partial charge on any atom is -0.455 e. The van der Waals surface area contributed by atoms with E-state index in [1.54, 1.807) is 45.0 Å². The average Bonchev–Trinajstić information content (AvgIpc) is 3.97. The molecule has 10 aromatic rings. The third kappa shape index (κ3) is 10.3. The highest BCUT2D eigenvalue weighted by Gasteiger charge is 2.26. The number of para-hydroxylation sites is 1. The van der Waals surface area contributed by atoms with Crippen molar-refractivity contribution >= 4 is 21.9 Å². The van der Waals surface area contributed by atoms with Gasteiger partial charge in [-0.1, -0.05) is 182 Å². The Bertz CT molecular complexity index is 3800. The van der Waals surface area contributed by atoms with Gasteiger partial charge in [0.15, 0.2) is 0 Å². The normalized spacial score (nSPS) is 14.1. The molecule has 0 aliphatic heterocycles. The summed E-state index contributed by atoms with van der Waals surface area (Å²) in [5, 5.41) is 11.6. The number of pyridine rings is 3. The van der Waals surface area contributed by atoms with Gasteiger partial charge in [0.05, 0.1) is 30.1 Å². The molecule has 0 N–H and O–H groups in total. The van der Waals surface area contributed by atoms with Gasteiger partial charge in [-0.3, -0.25) is 15.0 Å². The highest BCUT2D eigenvalue weighted by atomic mass is 16.3. The maximum atomic E-state index is 10.3. The summed E-state index contributed by atoms with van der Waals surface area (Å²) in [6, 6.07) is 54.1. The number of benzene rings is 6. The van der Waals surface area contributed by atoms with E-state index in [1.165, 1.54) is 12.3 Å². The summed E-state index contributed by atoms with van der Waals surface area (Å²) >= 11 is 0. The Hall–Kier alpha value is -7.94. The van der Waals surface area contributed by atoms with Gasteiger partial charge in [0.2, 0.25) is 0 Å². The topological polar surface area (TPSA) is 75.6 Å². The second-order valence-corrected chi connectivity index (χ2v) is 21.0. The standard InChI is InChI=1S/C67H62N4O/c1-65(2,3)40-53-37-61(58-25-17-24-56-57-31-28-51(41-68)62(64(57)72-63(56)58)50-22-15-10-16-23-50)69-42-52(53)27-26-45-34-46(38-66(4,5)54-29-32-59(70-43-54)48-18-11-8-12-19-48)36-47(35-45)39-67(6,7)55-30-33-60(71-44-55)49-20-13-9-14-21-49/h8-25,28-37,42-44H,26-27,38-40H2,1-7H3/i26D2,27D2,28D,40D2. The molecule has 4 aromatic heterocycles. The fraction of sp³-hybridized carbons (Fsp3) is 0.224. The Kier molecular flexibility index (Phi) is 10.9. The van der Waals surface area contributed by atoms with Crippen molar-refractivity contribution in [3.05, 3.63) is 233 Å². The van der Waals surface area contributed by atoms with Crippen molar-refractivity contribution in [2.45, 2.75) is 91.3 Å². The molecule has 0 aliphatic carbocycles. The first-order valence-electron chi connectivity index (χ1n) is 28.0. The van der Waals surface area contributed by atoms with Gasteiger partial charge in [0.1, 0.15) is 11.2 Å². The third-order valence-corrected chi connectivity index (χ3v) is 13.4. The summed E-state index contributed by atoms with van der Waals surface area (Å²) in [7, 11) is 0. The van der Waals surface area contributed by atoms with Gasteiger partial charge in [0, 0.05) is 59.8 Å². The summed E-state index contributed by atoms with van der Waals surface area (Å²) in [6.07, 6.45) is -1.78. The van der Waals surface area contributed by atoms with Gasteiger partial charge >= 0.3 is 0 Å². The Morgan fingerprint density at radius 3 is 1.57 bits per heavy atom. The molecular formula is C67H62N4O. The second-order valence-electron chi connectivity index (χ2n) is 21.0. The maximum absolute atomic E-state index is 10.3. The van der Waals surface area contributed by atoms with Crippen molar-refractivity contribution in [1.82, 2.24) is 15.0 Å². The highest BCUT2D eigenvalue weighted by Crippen LogP contribution is 2.42. The van der Waals surface area contributed by atoms with Crippen LogP contribution in [0.1, 0.15) is 103 Å². The largest absolute Gasteiger partial charge is 0.455 e. The van der Waals surface area contributed by atoms with E-state index >= 15 is 0 Å². The lowest BCUT2D eigenvalue weighted by atomic mass is 9.77. The summed E-state index contributed by atoms with van der Waals surface area (Å²) in [5.41, 5.74) is 8.06. The molecule has 0 aliphatic rings. The van der Waals surface area contributed by atoms with Crippen LogP contribution in [0.2, 0.25) is 0 Å². The molecule has 0 saturated carbocycles. The molecule has 5 nitrogen and oxygen atoms in total. The van der Waals surface area contributed by atoms with Crippen LogP contribution >= 0.6 is 0 Å². The van der Waals surface area contributed by atoms with Crippen LogP contribution in [0.5, 0.6) is 0 Å². The lowest BCUT2D eigenvalue weighted by Gasteiger charge is -2.28. The van der Waals surface area contributed by atoms with E-state index in [1.807, 2.05) is 128 Å². The molecular weight excluding hydrogens is 877 g/mol. The van der Waals surface area contributed by atoms with Crippen LogP contribution in [0.3, 0.4) is 0 Å². The number of fused-ring (bicyclic) bond motifs is 3. The fourth-order valence-electron chi connectivity index (χ4n) is 9.73. The molecule has 356 valence electrons. The van der Waals surface area contributed by atoms with Crippen molar-refractivity contribution in [1.29, 1.82) is 5.26 Å². The molecule has 10 rings (SSSR count). The van der Waals surface area contributed by atoms with E-state index < -0.39 is 35.4 Å². The molecule has 0 spiro atoms. The minimum atomic E-state index is -2.85. The van der Waals surface area contributed by atoms with Gasteiger partial charge in [0.25, 0.3) is 0 Å². The molecule has 0 unspecified atom stereocenters. The Morgan fingerprint density at radius 2 is 1.04 bits per heavy atom. The first-order valence-corrected chi connectivity index (χ1v) is 24.5. The number of aryl methyl sites for hydroxylation is 2. The maximum Gasteiger partial charge on any atom is 0.144 e. The number of hydrogen-bond acceptors (Lipinski definition) is 5. The summed E-state index contributed by atoms with van der Waals surface area (Å²) in [4.78, 5) is 14.5. The zero-order valence-corrected chi connectivity index (χ0v) is 41.9. The van der Waals surface area contributed by atoms with Crippen molar-refractivity contribution in [2.75, 3.05) is 0 Å². The van der Waals surface area contributed by atoms with Crippen LogP contribution < -0.4 is 0 Å². The number of nitrogens with zero attached hydrogens (tertiary/aromatic N) is 4. The Morgan fingerprint density at radius 1 is 0.514 bits per heavy atom. The van der Waals surface area contributed by atoms with E-state index in [2.05, 4.69) is 52.0 Å². The number of aromatic nitrogens is 3. The summed E-state index contributed by atoms with van der Waals surface area (Å²) in [5.74, 6) is 0. The smallest absolute Gasteiger partial charge is 0.144 e. The monoisotopic (exact) mass is 946 g/mol. The molecule has 0 radical (unpaired) electrons. The van der Waals surface area contributed by atoms with Crippen LogP contribution in [0, 0.1) is 16.7 Å². The fourth-order valence-corrected chi connectivity index (χ4v) is 9.73. The quantitative estimate of drug-likeness (QED) is 0.109. The van der Waals surface area contributed by atoms with Crippen molar-refractivity contribution in [2.24, 2.45) is 5.41 Å². The number of nitriles is 1. The lowest BCUT2D eigenvalue weighted by Crippen LogP contribution is -2.23. The average molecular weight is 946 g/mol. The van der Waals surface area contributed by atoms with Gasteiger partial charge in [-0.2, -0.15) is 5.26 Å². The molecule has 72 heavy (non-hydrogen) atoms. The van der Waals surface area contributed by atoms with Crippen molar-refractivity contribution in [3.8, 4) is 51.0 Å². The highest BCUT2D eigenvalue weighted by molar-refractivity contribution is 6.13. The van der Waals surface area contributed by atoms with Crippen LogP contribution in [-0.4, -0.2) is 15.0 Å². The molecule has 5 heteroatoms. The zero-order chi connectivity index (χ0) is 56.3. The van der Waals surface area contributed by atoms with E-state index in [0.29, 0.717) is 51.5 Å². The zero-order valence-electron chi connectivity index (χ0n) is 48.9. The predicted octanol–water partition coefficient (Wildman–Crippen LogP) is 16.7. The predicted molar refractivity (Wildman–Crippen MR) is 297 cm³/mol. The van der Waals surface area contributed by atoms with Crippen molar-refractivity contribution in [3.63, 3.8) is 0 Å². The SMILES string of the molecule is [2H]c1cc2c(oc3c(-c4cc(C([2H])([2H])C(C)(C)C)c(C([2H])([2H])C([2H])([2H])c5cc(CC(C)(C)c6ccc(-c7ccccc7)nc6)cc(CC(C)(C)c6ccc(-c7ccccc7)nc6)c5)cn4)cccc32)c(-c2ccccc2)c1C#N. The van der Waals surface area contributed by atoms with Gasteiger partial charge in [-0.25, -0.2) is 0 Å².